The first-order valence-corrected chi connectivity index (χ1v) is 8.16. The molecule has 0 unspecified atom stereocenters. The van der Waals surface area contributed by atoms with Crippen molar-refractivity contribution in [3.63, 3.8) is 0 Å². The van der Waals surface area contributed by atoms with E-state index in [1.807, 2.05) is 18.0 Å². The van der Waals surface area contributed by atoms with Gasteiger partial charge < -0.3 is 9.64 Å². The van der Waals surface area contributed by atoms with Crippen LogP contribution in [0.1, 0.15) is 45.2 Å². The van der Waals surface area contributed by atoms with Gasteiger partial charge in [-0.25, -0.2) is 4.79 Å². The lowest BCUT2D eigenvalue weighted by Gasteiger charge is -2.38. The molecule has 1 N–H and O–H groups in total. The number of likely N-dealkylation sites (tertiary alicyclic amines) is 1. The fraction of sp³-hybridized carbons (Fsp3) is 0.750. The predicted molar refractivity (Wildman–Crippen MR) is 87.1 cm³/mol. The second-order valence-electron chi connectivity index (χ2n) is 6.09. The third-order valence-electron chi connectivity index (χ3n) is 4.50. The van der Waals surface area contributed by atoms with Crippen LogP contribution in [-0.2, 0) is 18.2 Å². The van der Waals surface area contributed by atoms with Gasteiger partial charge in [0.2, 0.25) is 0 Å². The molecule has 1 atom stereocenters. The van der Waals surface area contributed by atoms with E-state index in [2.05, 4.69) is 24.3 Å². The minimum Gasteiger partial charge on any atom is -0.382 e. The van der Waals surface area contributed by atoms with Crippen molar-refractivity contribution in [2.24, 2.45) is 7.05 Å². The Morgan fingerprint density at radius 1 is 1.50 bits per heavy atom. The molecular weight excluding hydrogens is 280 g/mol. The number of carbonyl (C=O) groups excluding carboxylic acids is 1. The van der Waals surface area contributed by atoms with E-state index >= 15 is 0 Å². The second-order valence-corrected chi connectivity index (χ2v) is 6.09. The summed E-state index contributed by atoms with van der Waals surface area (Å²) in [6, 6.07) is 1.89. The van der Waals surface area contributed by atoms with Gasteiger partial charge in [-0.15, -0.1) is 0 Å². The van der Waals surface area contributed by atoms with Gasteiger partial charge in [-0.05, 0) is 25.7 Å². The average Bonchev–Trinajstić information content (AvgIpc) is 3.04. The summed E-state index contributed by atoms with van der Waals surface area (Å²) in [7, 11) is 3.56. The number of urea groups is 1. The molecule has 0 spiro atoms. The Hall–Kier alpha value is -1.56. The Bertz CT molecular complexity index is 506. The van der Waals surface area contributed by atoms with Crippen molar-refractivity contribution >= 4 is 11.8 Å². The maximum absolute atomic E-state index is 12.7. The van der Waals surface area contributed by atoms with E-state index in [1.54, 1.807) is 11.8 Å². The Morgan fingerprint density at radius 3 is 2.86 bits per heavy atom. The van der Waals surface area contributed by atoms with Crippen LogP contribution in [0.4, 0.5) is 10.6 Å². The summed E-state index contributed by atoms with van der Waals surface area (Å²) in [5, 5.41) is 7.39. The van der Waals surface area contributed by atoms with Crippen LogP contribution in [-0.4, -0.2) is 46.5 Å². The van der Waals surface area contributed by atoms with Crippen molar-refractivity contribution in [1.82, 2.24) is 14.7 Å². The molecule has 1 fully saturated rings. The number of nitrogens with zero attached hydrogens (tertiary/aromatic N) is 3. The Labute approximate surface area is 132 Å². The number of aryl methyl sites for hydroxylation is 2. The molecule has 0 aliphatic carbocycles. The zero-order chi connectivity index (χ0) is 16.2. The molecule has 1 aliphatic heterocycles. The minimum absolute atomic E-state index is 0.0475. The third kappa shape index (κ3) is 3.27. The van der Waals surface area contributed by atoms with E-state index < -0.39 is 0 Å². The zero-order valence-corrected chi connectivity index (χ0v) is 14.2. The highest BCUT2D eigenvalue weighted by atomic mass is 16.5. The van der Waals surface area contributed by atoms with E-state index in [0.717, 1.165) is 50.2 Å². The molecule has 2 rings (SSSR count). The average molecular weight is 308 g/mol. The molecule has 2 amide bonds. The Morgan fingerprint density at radius 2 is 2.27 bits per heavy atom. The van der Waals surface area contributed by atoms with Crippen LogP contribution in [0, 0.1) is 0 Å². The van der Waals surface area contributed by atoms with E-state index in [-0.39, 0.29) is 11.6 Å². The van der Waals surface area contributed by atoms with Crippen LogP contribution in [0.15, 0.2) is 6.07 Å². The van der Waals surface area contributed by atoms with Crippen molar-refractivity contribution in [3.05, 3.63) is 11.8 Å². The van der Waals surface area contributed by atoms with Crippen molar-refractivity contribution in [3.8, 4) is 0 Å². The SMILES string of the molecule is CCC[C@@]1(COC)CCCN1C(=O)Nc1cc(CC)nn1C. The van der Waals surface area contributed by atoms with Gasteiger partial charge >= 0.3 is 6.03 Å². The lowest BCUT2D eigenvalue weighted by Crippen LogP contribution is -2.52. The normalized spacial score (nSPS) is 21.4. The number of hydrogen-bond donors (Lipinski definition) is 1. The van der Waals surface area contributed by atoms with Gasteiger partial charge in [-0.3, -0.25) is 10.00 Å². The molecule has 6 nitrogen and oxygen atoms in total. The summed E-state index contributed by atoms with van der Waals surface area (Å²) >= 11 is 0. The number of carbonyl (C=O) groups is 1. The van der Waals surface area contributed by atoms with E-state index in [0.29, 0.717) is 6.61 Å². The number of aromatic nitrogens is 2. The lowest BCUT2D eigenvalue weighted by molar-refractivity contribution is 0.0539. The first kappa shape index (κ1) is 16.8. The van der Waals surface area contributed by atoms with Gasteiger partial charge in [0.1, 0.15) is 5.82 Å². The van der Waals surface area contributed by atoms with Crippen LogP contribution >= 0.6 is 0 Å². The zero-order valence-electron chi connectivity index (χ0n) is 14.2. The summed E-state index contributed by atoms with van der Waals surface area (Å²) in [6.45, 7) is 5.59. The Kier molecular flexibility index (Phi) is 5.45. The lowest BCUT2D eigenvalue weighted by atomic mass is 9.91. The van der Waals surface area contributed by atoms with E-state index in [1.165, 1.54) is 0 Å². The van der Waals surface area contributed by atoms with Gasteiger partial charge in [0.25, 0.3) is 0 Å². The molecule has 1 aromatic rings. The summed E-state index contributed by atoms with van der Waals surface area (Å²) in [5.41, 5.74) is 0.815. The van der Waals surface area contributed by atoms with Crippen LogP contribution in [0.25, 0.3) is 0 Å². The highest BCUT2D eigenvalue weighted by Gasteiger charge is 2.43. The largest absolute Gasteiger partial charge is 0.382 e. The van der Waals surface area contributed by atoms with Crippen molar-refractivity contribution in [1.29, 1.82) is 0 Å². The Balaban J connectivity index is 2.14. The van der Waals surface area contributed by atoms with Gasteiger partial charge in [-0.1, -0.05) is 20.3 Å². The highest BCUT2D eigenvalue weighted by Crippen LogP contribution is 2.34. The predicted octanol–water partition coefficient (Wildman–Crippen LogP) is 2.80. The van der Waals surface area contributed by atoms with Crippen molar-refractivity contribution in [2.45, 2.75) is 51.5 Å². The molecule has 1 aromatic heterocycles. The maximum atomic E-state index is 12.7. The quantitative estimate of drug-likeness (QED) is 0.879. The molecule has 1 aliphatic rings. The molecule has 0 bridgehead atoms. The molecule has 2 heterocycles. The number of methoxy groups -OCH3 is 1. The van der Waals surface area contributed by atoms with Crippen LogP contribution < -0.4 is 5.32 Å². The van der Waals surface area contributed by atoms with Crippen LogP contribution in [0.3, 0.4) is 0 Å². The topological polar surface area (TPSA) is 59.4 Å². The fourth-order valence-electron chi connectivity index (χ4n) is 3.46. The second kappa shape index (κ2) is 7.13. The number of nitrogens with one attached hydrogen (secondary N) is 1. The third-order valence-corrected chi connectivity index (χ3v) is 4.50. The minimum atomic E-state index is -0.167. The number of rotatable bonds is 6. The van der Waals surface area contributed by atoms with Crippen LogP contribution in [0.5, 0.6) is 0 Å². The molecule has 0 saturated carbocycles. The summed E-state index contributed by atoms with van der Waals surface area (Å²) in [4.78, 5) is 14.7. The van der Waals surface area contributed by atoms with Crippen molar-refractivity contribution in [2.75, 3.05) is 25.6 Å². The fourth-order valence-corrected chi connectivity index (χ4v) is 3.46. The van der Waals surface area contributed by atoms with E-state index in [9.17, 15) is 4.79 Å². The van der Waals surface area contributed by atoms with Gasteiger partial charge in [0, 0.05) is 26.8 Å². The molecule has 124 valence electrons. The molecule has 22 heavy (non-hydrogen) atoms. The first-order chi connectivity index (χ1) is 10.6. The van der Waals surface area contributed by atoms with Crippen molar-refractivity contribution < 1.29 is 9.53 Å². The van der Waals surface area contributed by atoms with Crippen LogP contribution in [0.2, 0.25) is 0 Å². The number of anilines is 1. The van der Waals surface area contributed by atoms with Gasteiger partial charge in [0.15, 0.2) is 0 Å². The molecule has 6 heteroatoms. The monoisotopic (exact) mass is 308 g/mol. The summed E-state index contributed by atoms with van der Waals surface area (Å²) < 4.78 is 7.15. The summed E-state index contributed by atoms with van der Waals surface area (Å²) in [6.07, 6.45) is 4.91. The smallest absolute Gasteiger partial charge is 0.323 e. The maximum Gasteiger partial charge on any atom is 0.323 e. The van der Waals surface area contributed by atoms with Gasteiger partial charge in [0.05, 0.1) is 17.8 Å². The standard InChI is InChI=1S/C16H28N4O2/c1-5-8-16(12-22-4)9-7-10-20(16)15(21)17-14-11-13(6-2)18-19(14)3/h11H,5-10,12H2,1-4H3,(H,17,21)/t16-/m0/s1. The van der Waals surface area contributed by atoms with Gasteiger partial charge in [-0.2, -0.15) is 5.10 Å². The summed E-state index contributed by atoms with van der Waals surface area (Å²) in [5.74, 6) is 0.747. The van der Waals surface area contributed by atoms with E-state index in [4.69, 9.17) is 4.74 Å². The molecule has 1 saturated heterocycles. The molecular formula is C16H28N4O2. The first-order valence-electron chi connectivity index (χ1n) is 8.16. The number of amides is 2. The molecule has 0 radical (unpaired) electrons. The number of ether oxygens (including phenoxy) is 1. The molecule has 0 aromatic carbocycles. The highest BCUT2D eigenvalue weighted by molar-refractivity contribution is 5.89. The number of hydrogen-bond acceptors (Lipinski definition) is 3.